The number of likely N-dealkylation sites (tertiary alicyclic amines) is 2. The highest BCUT2D eigenvalue weighted by Gasteiger charge is 2.37. The summed E-state index contributed by atoms with van der Waals surface area (Å²) in [5.74, 6) is 0.456. The first-order valence-electron chi connectivity index (χ1n) is 9.77. The fourth-order valence-corrected chi connectivity index (χ4v) is 4.49. The molecule has 4 nitrogen and oxygen atoms in total. The number of phenols is 1. The average molecular weight is 403 g/mol. The summed E-state index contributed by atoms with van der Waals surface area (Å²) in [6.07, 6.45) is 2.84. The first-order chi connectivity index (χ1) is 13.5. The number of carbonyl (C=O) groups excluding carboxylic acids is 1. The van der Waals surface area contributed by atoms with Crippen LogP contribution in [-0.2, 0) is 11.3 Å². The molecule has 1 N–H and O–H groups in total. The van der Waals surface area contributed by atoms with Crippen LogP contribution in [-0.4, -0.2) is 46.5 Å². The molecule has 2 aromatic carbocycles. The number of nitrogens with zero attached hydrogens (tertiary/aromatic N) is 2. The molecular weight excluding hydrogens is 379 g/mol. The minimum Gasteiger partial charge on any atom is -0.508 e. The number of phenolic OH excluding ortho intramolecular Hbond substituents is 1. The van der Waals surface area contributed by atoms with Gasteiger partial charge in [0.1, 0.15) is 11.6 Å². The molecular formula is C22H24ClFN2O2. The highest BCUT2D eigenvalue weighted by atomic mass is 35.5. The van der Waals surface area contributed by atoms with E-state index in [9.17, 15) is 14.3 Å². The van der Waals surface area contributed by atoms with Gasteiger partial charge >= 0.3 is 0 Å². The van der Waals surface area contributed by atoms with Crippen molar-refractivity contribution >= 4 is 17.5 Å². The van der Waals surface area contributed by atoms with Crippen molar-refractivity contribution in [3.05, 3.63) is 64.4 Å². The second-order valence-corrected chi connectivity index (χ2v) is 8.12. The first-order valence-corrected chi connectivity index (χ1v) is 10.1. The van der Waals surface area contributed by atoms with Gasteiger partial charge < -0.3 is 10.0 Å². The van der Waals surface area contributed by atoms with Crippen molar-refractivity contribution in [1.29, 1.82) is 0 Å². The van der Waals surface area contributed by atoms with Crippen LogP contribution in [0.15, 0.2) is 42.5 Å². The molecule has 2 heterocycles. The van der Waals surface area contributed by atoms with Gasteiger partial charge in [-0.25, -0.2) is 4.39 Å². The third-order valence-electron chi connectivity index (χ3n) is 5.96. The average Bonchev–Trinajstić information content (AvgIpc) is 3.06. The van der Waals surface area contributed by atoms with Crippen LogP contribution < -0.4 is 0 Å². The van der Waals surface area contributed by atoms with Crippen molar-refractivity contribution in [2.75, 3.05) is 19.6 Å². The van der Waals surface area contributed by atoms with E-state index in [4.69, 9.17) is 11.6 Å². The Bertz CT molecular complexity index is 850. The molecule has 0 radical (unpaired) electrons. The van der Waals surface area contributed by atoms with Gasteiger partial charge in [-0.2, -0.15) is 0 Å². The molecule has 1 unspecified atom stereocenters. The zero-order chi connectivity index (χ0) is 19.7. The van der Waals surface area contributed by atoms with Crippen LogP contribution in [0.3, 0.4) is 0 Å². The number of benzene rings is 2. The predicted molar refractivity (Wildman–Crippen MR) is 107 cm³/mol. The normalized spacial score (nSPS) is 21.4. The van der Waals surface area contributed by atoms with E-state index in [1.54, 1.807) is 24.3 Å². The molecule has 2 aliphatic rings. The third-order valence-corrected chi connectivity index (χ3v) is 6.27. The number of amides is 1. The topological polar surface area (TPSA) is 43.8 Å². The van der Waals surface area contributed by atoms with Crippen LogP contribution in [0.5, 0.6) is 5.75 Å². The lowest BCUT2D eigenvalue weighted by atomic mass is 9.89. The maximum absolute atomic E-state index is 13.7. The van der Waals surface area contributed by atoms with E-state index in [0.717, 1.165) is 37.9 Å². The van der Waals surface area contributed by atoms with Crippen LogP contribution in [0.2, 0.25) is 5.02 Å². The lowest BCUT2D eigenvalue weighted by Crippen LogP contribution is -2.45. The van der Waals surface area contributed by atoms with Gasteiger partial charge in [0.25, 0.3) is 0 Å². The number of aromatic hydroxyl groups is 1. The zero-order valence-electron chi connectivity index (χ0n) is 15.7. The van der Waals surface area contributed by atoms with Crippen LogP contribution in [0, 0.1) is 5.82 Å². The van der Waals surface area contributed by atoms with Crippen molar-refractivity contribution < 1.29 is 14.3 Å². The third kappa shape index (κ3) is 4.01. The molecule has 0 saturated carbocycles. The van der Waals surface area contributed by atoms with Gasteiger partial charge in [0.15, 0.2) is 0 Å². The Kier molecular flexibility index (Phi) is 5.56. The standard InChI is InChI=1S/C22H24ClFN2O2/c23-19-6-1-15(13-20(19)24)14-26-12-9-21(22(26)28)25-10-7-17(8-11-25)16-2-4-18(27)5-3-16/h1-6,13,17,21,27H,7-12,14H2. The second kappa shape index (κ2) is 8.10. The second-order valence-electron chi connectivity index (χ2n) is 7.71. The van der Waals surface area contributed by atoms with Crippen LogP contribution in [0.25, 0.3) is 0 Å². The molecule has 2 saturated heterocycles. The van der Waals surface area contributed by atoms with E-state index in [0.29, 0.717) is 24.8 Å². The maximum atomic E-state index is 13.7. The Hall–Kier alpha value is -2.11. The molecule has 2 aliphatic heterocycles. The van der Waals surface area contributed by atoms with E-state index in [2.05, 4.69) is 4.90 Å². The molecule has 2 fully saturated rings. The van der Waals surface area contributed by atoms with Crippen LogP contribution in [0.1, 0.15) is 36.3 Å². The summed E-state index contributed by atoms with van der Waals surface area (Å²) in [6, 6.07) is 12.1. The Labute approximate surface area is 169 Å². The smallest absolute Gasteiger partial charge is 0.240 e. The molecule has 0 bridgehead atoms. The van der Waals surface area contributed by atoms with Gasteiger partial charge in [-0.05, 0) is 73.7 Å². The first kappa shape index (κ1) is 19.2. The Balaban J connectivity index is 1.34. The van der Waals surface area contributed by atoms with Gasteiger partial charge in [-0.1, -0.05) is 29.8 Å². The van der Waals surface area contributed by atoms with Crippen molar-refractivity contribution in [2.24, 2.45) is 0 Å². The summed E-state index contributed by atoms with van der Waals surface area (Å²) in [6.45, 7) is 2.91. The molecule has 1 amide bonds. The molecule has 1 atom stereocenters. The summed E-state index contributed by atoms with van der Waals surface area (Å²) in [4.78, 5) is 17.0. The molecule has 148 valence electrons. The van der Waals surface area contributed by atoms with E-state index in [1.165, 1.54) is 11.6 Å². The van der Waals surface area contributed by atoms with Crippen LogP contribution in [0.4, 0.5) is 4.39 Å². The molecule has 0 aliphatic carbocycles. The number of rotatable bonds is 4. The molecule has 6 heteroatoms. The van der Waals surface area contributed by atoms with Gasteiger partial charge in [0, 0.05) is 13.1 Å². The monoisotopic (exact) mass is 402 g/mol. The van der Waals surface area contributed by atoms with Gasteiger partial charge in [0.05, 0.1) is 11.1 Å². The highest BCUT2D eigenvalue weighted by molar-refractivity contribution is 6.30. The lowest BCUT2D eigenvalue weighted by Gasteiger charge is -2.35. The van der Waals surface area contributed by atoms with Crippen molar-refractivity contribution in [3.8, 4) is 5.75 Å². The molecule has 28 heavy (non-hydrogen) atoms. The lowest BCUT2D eigenvalue weighted by molar-refractivity contribution is -0.133. The van der Waals surface area contributed by atoms with Gasteiger partial charge in [0.2, 0.25) is 5.91 Å². The molecule has 4 rings (SSSR count). The number of piperidine rings is 1. The van der Waals surface area contributed by atoms with Gasteiger partial charge in [-0.15, -0.1) is 0 Å². The molecule has 0 spiro atoms. The SMILES string of the molecule is O=C1C(N2CCC(c3ccc(O)cc3)CC2)CCN1Cc1ccc(Cl)c(F)c1. The highest BCUT2D eigenvalue weighted by Crippen LogP contribution is 2.32. The fraction of sp³-hybridized carbons (Fsp3) is 0.409. The largest absolute Gasteiger partial charge is 0.508 e. The van der Waals surface area contributed by atoms with E-state index in [1.807, 2.05) is 17.0 Å². The fourth-order valence-electron chi connectivity index (χ4n) is 4.37. The molecule has 2 aromatic rings. The molecule has 0 aromatic heterocycles. The van der Waals surface area contributed by atoms with Gasteiger partial charge in [-0.3, -0.25) is 9.69 Å². The van der Waals surface area contributed by atoms with E-state index in [-0.39, 0.29) is 17.0 Å². The Morgan fingerprint density at radius 3 is 2.43 bits per heavy atom. The number of hydrogen-bond donors (Lipinski definition) is 1. The van der Waals surface area contributed by atoms with E-state index >= 15 is 0 Å². The number of carbonyl (C=O) groups is 1. The number of halogens is 2. The summed E-state index contributed by atoms with van der Waals surface area (Å²) >= 11 is 5.74. The quantitative estimate of drug-likeness (QED) is 0.834. The van der Waals surface area contributed by atoms with Crippen molar-refractivity contribution in [3.63, 3.8) is 0 Å². The number of hydrogen-bond acceptors (Lipinski definition) is 3. The maximum Gasteiger partial charge on any atom is 0.240 e. The van der Waals surface area contributed by atoms with Crippen LogP contribution >= 0.6 is 11.6 Å². The summed E-state index contributed by atoms with van der Waals surface area (Å²) in [5.41, 5.74) is 2.02. The predicted octanol–water partition coefficient (Wildman–Crippen LogP) is 4.17. The summed E-state index contributed by atoms with van der Waals surface area (Å²) in [5, 5.41) is 9.55. The van der Waals surface area contributed by atoms with Crippen molar-refractivity contribution in [1.82, 2.24) is 9.80 Å². The van der Waals surface area contributed by atoms with E-state index < -0.39 is 5.82 Å². The Morgan fingerprint density at radius 2 is 1.75 bits per heavy atom. The minimum atomic E-state index is -0.446. The Morgan fingerprint density at radius 1 is 1.04 bits per heavy atom. The summed E-state index contributed by atoms with van der Waals surface area (Å²) < 4.78 is 13.7. The zero-order valence-corrected chi connectivity index (χ0v) is 16.4. The minimum absolute atomic E-state index is 0.0714. The van der Waals surface area contributed by atoms with Crippen molar-refractivity contribution in [2.45, 2.75) is 37.8 Å². The summed E-state index contributed by atoms with van der Waals surface area (Å²) in [7, 11) is 0.